The average Bonchev–Trinajstić information content (AvgIpc) is 3.00. The van der Waals surface area contributed by atoms with Crippen LogP contribution in [0.2, 0.25) is 0 Å². The van der Waals surface area contributed by atoms with Crippen molar-refractivity contribution in [3.8, 4) is 5.75 Å². The maximum atomic E-state index is 10.9. The summed E-state index contributed by atoms with van der Waals surface area (Å²) in [5.41, 5.74) is 2.47. The van der Waals surface area contributed by atoms with Crippen LogP contribution in [-0.4, -0.2) is 16.2 Å². The van der Waals surface area contributed by atoms with Crippen molar-refractivity contribution in [3.05, 3.63) is 27.2 Å². The second kappa shape index (κ2) is 4.02. The number of phenolic OH excluding ortho intramolecular Hbond substituents is 1. The lowest BCUT2D eigenvalue weighted by Crippen LogP contribution is -2.14. The van der Waals surface area contributed by atoms with Crippen LogP contribution in [-0.2, 0) is 10.2 Å². The van der Waals surface area contributed by atoms with Gasteiger partial charge in [-0.1, -0.05) is 6.07 Å². The lowest BCUT2D eigenvalue weighted by atomic mass is 9.87. The number of carboxylic acid groups (broad SMARTS) is 1. The molecule has 92 valence electrons. The number of phenols is 1. The topological polar surface area (TPSA) is 57.5 Å². The van der Waals surface area contributed by atoms with Crippen LogP contribution in [0.1, 0.15) is 36.0 Å². The third-order valence-corrected chi connectivity index (χ3v) is 4.59. The van der Waals surface area contributed by atoms with Crippen LogP contribution in [0.4, 0.5) is 0 Å². The molecule has 0 amide bonds. The van der Waals surface area contributed by atoms with Crippen LogP contribution in [0.5, 0.6) is 5.75 Å². The summed E-state index contributed by atoms with van der Waals surface area (Å²) in [6, 6.07) is 2.00. The Labute approximate surface area is 109 Å². The summed E-state index contributed by atoms with van der Waals surface area (Å²) in [4.78, 5) is 10.9. The van der Waals surface area contributed by atoms with Crippen LogP contribution < -0.4 is 0 Å². The van der Waals surface area contributed by atoms with E-state index in [1.165, 1.54) is 0 Å². The van der Waals surface area contributed by atoms with Gasteiger partial charge >= 0.3 is 5.97 Å². The van der Waals surface area contributed by atoms with Gasteiger partial charge in [0.15, 0.2) is 0 Å². The third kappa shape index (κ3) is 2.06. The molecular weight excluding hydrogens is 284 g/mol. The number of rotatable bonds is 3. The highest BCUT2D eigenvalue weighted by Crippen LogP contribution is 2.54. The first-order valence-corrected chi connectivity index (χ1v) is 6.37. The van der Waals surface area contributed by atoms with Gasteiger partial charge in [-0.15, -0.1) is 0 Å². The van der Waals surface area contributed by atoms with Crippen LogP contribution in [0, 0.1) is 13.8 Å². The molecule has 2 rings (SSSR count). The van der Waals surface area contributed by atoms with Gasteiger partial charge in [0.2, 0.25) is 0 Å². The molecule has 2 N–H and O–H groups in total. The van der Waals surface area contributed by atoms with E-state index in [0.29, 0.717) is 4.47 Å². The standard InChI is InChI=1S/C13H15BrO3/c1-7-5-9(8(2)12(17)11(7)14)13(3-4-13)6-10(15)16/h5,17H,3-4,6H2,1-2H3,(H,15,16). The van der Waals surface area contributed by atoms with Crippen LogP contribution >= 0.6 is 15.9 Å². The summed E-state index contributed by atoms with van der Waals surface area (Å²) in [6.07, 6.45) is 1.93. The number of carbonyl (C=O) groups is 1. The molecule has 0 saturated heterocycles. The number of halogens is 1. The molecule has 1 saturated carbocycles. The van der Waals surface area contributed by atoms with Gasteiger partial charge in [-0.25, -0.2) is 0 Å². The molecule has 0 unspecified atom stereocenters. The van der Waals surface area contributed by atoms with Crippen LogP contribution in [0.3, 0.4) is 0 Å². The minimum absolute atomic E-state index is 0.147. The van der Waals surface area contributed by atoms with Crippen molar-refractivity contribution >= 4 is 21.9 Å². The molecule has 4 heteroatoms. The second-order valence-corrected chi connectivity index (χ2v) is 5.67. The lowest BCUT2D eigenvalue weighted by Gasteiger charge is -2.19. The van der Waals surface area contributed by atoms with Crippen molar-refractivity contribution in [2.45, 2.75) is 38.5 Å². The highest BCUT2D eigenvalue weighted by Gasteiger charge is 2.47. The second-order valence-electron chi connectivity index (χ2n) is 4.88. The van der Waals surface area contributed by atoms with E-state index in [9.17, 15) is 9.90 Å². The summed E-state index contributed by atoms with van der Waals surface area (Å²) in [7, 11) is 0. The van der Waals surface area contributed by atoms with Crippen molar-refractivity contribution in [2.24, 2.45) is 0 Å². The third-order valence-electron chi connectivity index (χ3n) is 3.59. The fourth-order valence-corrected chi connectivity index (χ4v) is 2.81. The minimum Gasteiger partial charge on any atom is -0.506 e. The predicted octanol–water partition coefficient (Wildman–Crippen LogP) is 3.28. The average molecular weight is 299 g/mol. The molecular formula is C13H15BrO3. The van der Waals surface area contributed by atoms with E-state index in [0.717, 1.165) is 29.5 Å². The van der Waals surface area contributed by atoms with E-state index < -0.39 is 5.97 Å². The van der Waals surface area contributed by atoms with E-state index in [-0.39, 0.29) is 17.6 Å². The quantitative estimate of drug-likeness (QED) is 0.900. The summed E-state index contributed by atoms with van der Waals surface area (Å²) in [6.45, 7) is 3.75. The lowest BCUT2D eigenvalue weighted by molar-refractivity contribution is -0.137. The van der Waals surface area contributed by atoms with Crippen molar-refractivity contribution in [1.29, 1.82) is 0 Å². The number of aryl methyl sites for hydroxylation is 1. The molecule has 0 heterocycles. The minimum atomic E-state index is -0.776. The fraction of sp³-hybridized carbons (Fsp3) is 0.462. The summed E-state index contributed by atoms with van der Waals surface area (Å²) >= 11 is 3.34. The normalized spacial score (nSPS) is 16.9. The van der Waals surface area contributed by atoms with Crippen LogP contribution in [0.15, 0.2) is 10.5 Å². The number of hydrogen-bond acceptors (Lipinski definition) is 2. The van der Waals surface area contributed by atoms with Gasteiger partial charge in [0.05, 0.1) is 10.9 Å². The Morgan fingerprint density at radius 1 is 1.47 bits per heavy atom. The van der Waals surface area contributed by atoms with Crippen LogP contribution in [0.25, 0.3) is 0 Å². The van der Waals surface area contributed by atoms with E-state index in [1.54, 1.807) is 0 Å². The Morgan fingerprint density at radius 2 is 2.06 bits per heavy atom. The Morgan fingerprint density at radius 3 is 2.53 bits per heavy atom. The Bertz CT molecular complexity index is 490. The molecule has 0 atom stereocenters. The summed E-state index contributed by atoms with van der Waals surface area (Å²) < 4.78 is 0.699. The molecule has 1 fully saturated rings. The highest BCUT2D eigenvalue weighted by molar-refractivity contribution is 9.10. The summed E-state index contributed by atoms with van der Waals surface area (Å²) in [5, 5.41) is 19.0. The van der Waals surface area contributed by atoms with Gasteiger partial charge in [0, 0.05) is 5.41 Å². The van der Waals surface area contributed by atoms with E-state index >= 15 is 0 Å². The molecule has 0 aromatic heterocycles. The highest BCUT2D eigenvalue weighted by atomic mass is 79.9. The van der Waals surface area contributed by atoms with Gasteiger partial charge in [0.1, 0.15) is 5.75 Å². The maximum Gasteiger partial charge on any atom is 0.304 e. The van der Waals surface area contributed by atoms with Crippen molar-refractivity contribution in [2.75, 3.05) is 0 Å². The number of benzene rings is 1. The zero-order valence-electron chi connectivity index (χ0n) is 9.88. The van der Waals surface area contributed by atoms with Gasteiger partial charge in [0.25, 0.3) is 0 Å². The first kappa shape index (κ1) is 12.4. The fourth-order valence-electron chi connectivity index (χ4n) is 2.40. The number of aliphatic carboxylic acids is 1. The zero-order chi connectivity index (χ0) is 12.8. The first-order chi connectivity index (χ1) is 7.87. The smallest absolute Gasteiger partial charge is 0.304 e. The monoisotopic (exact) mass is 298 g/mol. The van der Waals surface area contributed by atoms with Gasteiger partial charge in [-0.2, -0.15) is 0 Å². The zero-order valence-corrected chi connectivity index (χ0v) is 11.5. The van der Waals surface area contributed by atoms with Crippen molar-refractivity contribution in [1.82, 2.24) is 0 Å². The Balaban J connectivity index is 2.50. The van der Waals surface area contributed by atoms with E-state index in [4.69, 9.17) is 5.11 Å². The largest absolute Gasteiger partial charge is 0.506 e. The first-order valence-electron chi connectivity index (χ1n) is 5.58. The molecule has 1 aromatic carbocycles. The Hall–Kier alpha value is -1.03. The molecule has 1 aliphatic carbocycles. The molecule has 1 aromatic rings. The SMILES string of the molecule is Cc1cc(C2(CC(=O)O)CC2)c(C)c(O)c1Br. The van der Waals surface area contributed by atoms with E-state index in [1.807, 2.05) is 19.9 Å². The maximum absolute atomic E-state index is 10.9. The van der Waals surface area contributed by atoms with E-state index in [2.05, 4.69) is 15.9 Å². The molecule has 0 aliphatic heterocycles. The predicted molar refractivity (Wildman–Crippen MR) is 68.4 cm³/mol. The molecule has 0 spiro atoms. The summed E-state index contributed by atoms with van der Waals surface area (Å²) in [5.74, 6) is -0.543. The van der Waals surface area contributed by atoms with Crippen molar-refractivity contribution in [3.63, 3.8) is 0 Å². The molecule has 0 radical (unpaired) electrons. The van der Waals surface area contributed by atoms with Crippen molar-refractivity contribution < 1.29 is 15.0 Å². The number of carboxylic acids is 1. The van der Waals surface area contributed by atoms with Gasteiger partial charge in [-0.3, -0.25) is 4.79 Å². The van der Waals surface area contributed by atoms with Gasteiger partial charge in [-0.05, 0) is 59.3 Å². The number of hydrogen-bond donors (Lipinski definition) is 2. The van der Waals surface area contributed by atoms with Gasteiger partial charge < -0.3 is 10.2 Å². The molecule has 1 aliphatic rings. The molecule has 3 nitrogen and oxygen atoms in total. The Kier molecular flexibility index (Phi) is 2.94. The molecule has 17 heavy (non-hydrogen) atoms. The number of aromatic hydroxyl groups is 1. The molecule has 0 bridgehead atoms.